The van der Waals surface area contributed by atoms with E-state index in [9.17, 15) is 5.11 Å². The Morgan fingerprint density at radius 1 is 1.23 bits per heavy atom. The SMILES string of the molecule is COC(OCCO)C(O)[C@H](O)CO. The van der Waals surface area contributed by atoms with Gasteiger partial charge in [-0.15, -0.1) is 0 Å². The zero-order valence-electron chi connectivity index (χ0n) is 7.46. The molecule has 3 atom stereocenters. The van der Waals surface area contributed by atoms with E-state index in [2.05, 4.69) is 4.74 Å². The predicted octanol–water partition coefficient (Wildman–Crippen LogP) is -2.32. The van der Waals surface area contributed by atoms with Gasteiger partial charge in [-0.3, -0.25) is 0 Å². The number of hydrogen-bond donors (Lipinski definition) is 4. The maximum absolute atomic E-state index is 9.26. The maximum Gasteiger partial charge on any atom is 0.185 e. The first-order valence-electron chi connectivity index (χ1n) is 3.89. The summed E-state index contributed by atoms with van der Waals surface area (Å²) in [6.07, 6.45) is -3.69. The molecule has 0 aliphatic rings. The number of hydrogen-bond acceptors (Lipinski definition) is 6. The lowest BCUT2D eigenvalue weighted by atomic mass is 10.2. The zero-order valence-corrected chi connectivity index (χ0v) is 7.46. The highest BCUT2D eigenvalue weighted by molar-refractivity contribution is 4.69. The van der Waals surface area contributed by atoms with Crippen molar-refractivity contribution in [3.05, 3.63) is 0 Å². The third kappa shape index (κ3) is 4.51. The number of ether oxygens (including phenoxy) is 2. The molecule has 0 aliphatic heterocycles. The molecular formula is C7H16O6. The number of aliphatic hydroxyl groups excluding tert-OH is 4. The lowest BCUT2D eigenvalue weighted by molar-refractivity contribution is -0.209. The van der Waals surface area contributed by atoms with Gasteiger partial charge in [0.25, 0.3) is 0 Å². The smallest absolute Gasteiger partial charge is 0.185 e. The predicted molar refractivity (Wildman–Crippen MR) is 42.9 cm³/mol. The standard InChI is InChI=1S/C7H16O6/c1-12-7(13-3-2-8)6(11)5(10)4-9/h5-11H,2-4H2,1H3/t5-,6?,7?/m1/s1. The average molecular weight is 196 g/mol. The number of rotatable bonds is 7. The van der Waals surface area contributed by atoms with Gasteiger partial charge in [0.2, 0.25) is 0 Å². The molecule has 0 radical (unpaired) electrons. The van der Waals surface area contributed by atoms with Crippen LogP contribution in [0.5, 0.6) is 0 Å². The molecule has 0 amide bonds. The summed E-state index contributed by atoms with van der Waals surface area (Å²) in [5.41, 5.74) is 0. The van der Waals surface area contributed by atoms with Crippen molar-refractivity contribution in [1.82, 2.24) is 0 Å². The third-order valence-corrected chi connectivity index (χ3v) is 1.47. The van der Waals surface area contributed by atoms with Crippen LogP contribution in [0.2, 0.25) is 0 Å². The first-order chi connectivity index (χ1) is 6.17. The molecule has 0 fully saturated rings. The highest BCUT2D eigenvalue weighted by Gasteiger charge is 2.26. The van der Waals surface area contributed by atoms with Gasteiger partial charge >= 0.3 is 0 Å². The molecule has 6 heteroatoms. The fourth-order valence-electron chi connectivity index (χ4n) is 0.764. The van der Waals surface area contributed by atoms with E-state index in [4.69, 9.17) is 20.1 Å². The molecule has 6 nitrogen and oxygen atoms in total. The second-order valence-electron chi connectivity index (χ2n) is 2.44. The van der Waals surface area contributed by atoms with E-state index in [1.54, 1.807) is 0 Å². The Hall–Kier alpha value is -0.240. The molecule has 4 N–H and O–H groups in total. The summed E-state index contributed by atoms with van der Waals surface area (Å²) in [4.78, 5) is 0. The number of methoxy groups -OCH3 is 1. The van der Waals surface area contributed by atoms with Crippen LogP contribution < -0.4 is 0 Å². The van der Waals surface area contributed by atoms with Crippen molar-refractivity contribution in [2.75, 3.05) is 26.9 Å². The van der Waals surface area contributed by atoms with Crippen molar-refractivity contribution < 1.29 is 29.9 Å². The molecule has 0 spiro atoms. The van der Waals surface area contributed by atoms with Crippen LogP contribution in [0.25, 0.3) is 0 Å². The normalized spacial score (nSPS) is 18.2. The van der Waals surface area contributed by atoms with Crippen molar-refractivity contribution in [2.45, 2.75) is 18.5 Å². The molecule has 0 saturated heterocycles. The van der Waals surface area contributed by atoms with Crippen LogP contribution in [-0.2, 0) is 9.47 Å². The summed E-state index contributed by atoms with van der Waals surface area (Å²) < 4.78 is 9.51. The second kappa shape index (κ2) is 7.19. The Kier molecular flexibility index (Phi) is 7.06. The quantitative estimate of drug-likeness (QED) is 0.341. The zero-order chi connectivity index (χ0) is 10.3. The average Bonchev–Trinajstić information content (AvgIpc) is 2.17. The highest BCUT2D eigenvalue weighted by atomic mass is 16.7. The van der Waals surface area contributed by atoms with Gasteiger partial charge in [0.05, 0.1) is 19.8 Å². The monoisotopic (exact) mass is 196 g/mol. The molecule has 0 aromatic rings. The first-order valence-corrected chi connectivity index (χ1v) is 3.89. The molecule has 80 valence electrons. The van der Waals surface area contributed by atoms with Gasteiger partial charge in [0, 0.05) is 7.11 Å². The van der Waals surface area contributed by atoms with Gasteiger partial charge in [-0.05, 0) is 0 Å². The summed E-state index contributed by atoms with van der Waals surface area (Å²) in [6, 6.07) is 0. The van der Waals surface area contributed by atoms with Gasteiger partial charge in [-0.1, -0.05) is 0 Å². The van der Waals surface area contributed by atoms with E-state index in [0.717, 1.165) is 0 Å². The molecule has 13 heavy (non-hydrogen) atoms. The van der Waals surface area contributed by atoms with Crippen LogP contribution >= 0.6 is 0 Å². The van der Waals surface area contributed by atoms with E-state index in [1.165, 1.54) is 7.11 Å². The van der Waals surface area contributed by atoms with Crippen molar-refractivity contribution in [3.8, 4) is 0 Å². The Morgan fingerprint density at radius 2 is 1.85 bits per heavy atom. The Bertz CT molecular complexity index is 120. The largest absolute Gasteiger partial charge is 0.394 e. The molecule has 0 aromatic carbocycles. The van der Waals surface area contributed by atoms with Crippen LogP contribution in [0, 0.1) is 0 Å². The Labute approximate surface area is 76.3 Å². The van der Waals surface area contributed by atoms with E-state index in [-0.39, 0.29) is 13.2 Å². The molecule has 0 saturated carbocycles. The maximum atomic E-state index is 9.26. The minimum atomic E-state index is -1.33. The summed E-state index contributed by atoms with van der Waals surface area (Å²) in [6.45, 7) is -0.793. The van der Waals surface area contributed by atoms with Crippen LogP contribution in [0.1, 0.15) is 0 Å². The van der Waals surface area contributed by atoms with Gasteiger partial charge in [0.1, 0.15) is 12.2 Å². The topological polar surface area (TPSA) is 99.4 Å². The summed E-state index contributed by atoms with van der Waals surface area (Å²) in [5.74, 6) is 0. The van der Waals surface area contributed by atoms with Gasteiger partial charge in [0.15, 0.2) is 6.29 Å². The Balaban J connectivity index is 3.90. The highest BCUT2D eigenvalue weighted by Crippen LogP contribution is 2.04. The third-order valence-electron chi connectivity index (χ3n) is 1.47. The van der Waals surface area contributed by atoms with Crippen LogP contribution in [0.3, 0.4) is 0 Å². The summed E-state index contributed by atoms with van der Waals surface area (Å²) in [7, 11) is 1.29. The molecule has 0 aliphatic carbocycles. The van der Waals surface area contributed by atoms with Crippen molar-refractivity contribution in [3.63, 3.8) is 0 Å². The molecule has 2 unspecified atom stereocenters. The second-order valence-corrected chi connectivity index (χ2v) is 2.44. The minimum Gasteiger partial charge on any atom is -0.394 e. The molecule has 0 heterocycles. The lowest BCUT2D eigenvalue weighted by Gasteiger charge is -2.24. The number of aliphatic hydroxyl groups is 4. The van der Waals surface area contributed by atoms with Crippen LogP contribution in [-0.4, -0.2) is 65.9 Å². The molecular weight excluding hydrogens is 180 g/mol. The molecule has 0 bridgehead atoms. The van der Waals surface area contributed by atoms with E-state index in [0.29, 0.717) is 0 Å². The van der Waals surface area contributed by atoms with Gasteiger partial charge < -0.3 is 29.9 Å². The van der Waals surface area contributed by atoms with Gasteiger partial charge in [-0.25, -0.2) is 0 Å². The Morgan fingerprint density at radius 3 is 2.23 bits per heavy atom. The van der Waals surface area contributed by atoms with Crippen LogP contribution in [0.4, 0.5) is 0 Å². The lowest BCUT2D eigenvalue weighted by Crippen LogP contribution is -2.42. The van der Waals surface area contributed by atoms with E-state index < -0.39 is 25.1 Å². The van der Waals surface area contributed by atoms with E-state index >= 15 is 0 Å². The first kappa shape index (κ1) is 12.8. The van der Waals surface area contributed by atoms with Crippen molar-refractivity contribution >= 4 is 0 Å². The minimum absolute atomic E-state index is 0.00623. The molecule has 0 aromatic heterocycles. The fraction of sp³-hybridized carbons (Fsp3) is 1.00. The summed E-state index contributed by atoms with van der Waals surface area (Å²) in [5, 5.41) is 35.2. The van der Waals surface area contributed by atoms with Crippen LogP contribution in [0.15, 0.2) is 0 Å². The molecule has 0 rings (SSSR count). The van der Waals surface area contributed by atoms with Crippen molar-refractivity contribution in [2.24, 2.45) is 0 Å². The fourth-order valence-corrected chi connectivity index (χ4v) is 0.764. The van der Waals surface area contributed by atoms with Crippen molar-refractivity contribution in [1.29, 1.82) is 0 Å². The van der Waals surface area contributed by atoms with Gasteiger partial charge in [-0.2, -0.15) is 0 Å². The summed E-state index contributed by atoms with van der Waals surface area (Å²) >= 11 is 0. The van der Waals surface area contributed by atoms with E-state index in [1.807, 2.05) is 0 Å².